The summed E-state index contributed by atoms with van der Waals surface area (Å²) in [7, 11) is 0. The molecule has 13 heavy (non-hydrogen) atoms. The second-order valence-electron chi connectivity index (χ2n) is 2.54. The maximum atomic E-state index is 8.75. The van der Waals surface area contributed by atoms with Crippen LogP contribution in [0.2, 0.25) is 0 Å². The minimum atomic E-state index is 0.204. The van der Waals surface area contributed by atoms with Crippen LogP contribution in [0.25, 0.3) is 10.2 Å². The molecule has 0 amide bonds. The third-order valence-electron chi connectivity index (χ3n) is 1.79. The molecule has 2 rings (SSSR count). The first kappa shape index (κ1) is 7.83. The molecule has 0 unspecified atom stereocenters. The molecule has 5 heteroatoms. The van der Waals surface area contributed by atoms with Gasteiger partial charge >= 0.3 is 0 Å². The molecular weight excluding hydrogens is 184 g/mol. The highest BCUT2D eigenvalue weighted by Crippen LogP contribution is 2.29. The summed E-state index contributed by atoms with van der Waals surface area (Å²) in [4.78, 5) is 4.83. The lowest BCUT2D eigenvalue weighted by Crippen LogP contribution is -1.99. The van der Waals surface area contributed by atoms with Gasteiger partial charge in [-0.15, -0.1) is 11.3 Å². The summed E-state index contributed by atoms with van der Waals surface area (Å²) in [5.74, 6) is 0.204. The molecule has 0 aliphatic heterocycles. The van der Waals surface area contributed by atoms with Gasteiger partial charge in [-0.05, 0) is 11.4 Å². The summed E-state index contributed by atoms with van der Waals surface area (Å²) in [5.41, 5.74) is 12.0. The number of anilines is 2. The monoisotopic (exact) mass is 190 g/mol. The van der Waals surface area contributed by atoms with Crippen LogP contribution in [-0.2, 0) is 0 Å². The molecule has 0 atom stereocenters. The minimum Gasteiger partial charge on any atom is -0.397 e. The fourth-order valence-corrected chi connectivity index (χ4v) is 1.94. The zero-order valence-electron chi connectivity index (χ0n) is 6.61. The number of pyridine rings is 1. The van der Waals surface area contributed by atoms with Crippen LogP contribution < -0.4 is 11.5 Å². The number of nitrogen functional groups attached to an aromatic ring is 2. The van der Waals surface area contributed by atoms with E-state index in [2.05, 4.69) is 4.98 Å². The second kappa shape index (κ2) is 2.61. The Kier molecular flexibility index (Phi) is 1.57. The molecular formula is C8H6N4S. The zero-order chi connectivity index (χ0) is 9.42. The van der Waals surface area contributed by atoms with E-state index in [1.807, 2.05) is 17.5 Å². The van der Waals surface area contributed by atoms with Gasteiger partial charge in [0.25, 0.3) is 0 Å². The molecule has 0 saturated carbocycles. The van der Waals surface area contributed by atoms with Crippen molar-refractivity contribution in [2.75, 3.05) is 11.5 Å². The number of nitriles is 1. The summed E-state index contributed by atoms with van der Waals surface area (Å²) in [6, 6.07) is 3.77. The standard InChI is InChI=1S/C8H6N4S/c9-3-5-6(10)4-1-2-13-8(4)12-7(5)11/h1-2H,(H4,10,11,12). The lowest BCUT2D eigenvalue weighted by molar-refractivity contribution is 1.40. The first-order valence-corrected chi connectivity index (χ1v) is 4.44. The summed E-state index contributed by atoms with van der Waals surface area (Å²) < 4.78 is 0. The summed E-state index contributed by atoms with van der Waals surface area (Å²) in [6.07, 6.45) is 0. The van der Waals surface area contributed by atoms with E-state index in [1.54, 1.807) is 0 Å². The fourth-order valence-electron chi connectivity index (χ4n) is 1.15. The molecule has 64 valence electrons. The Bertz CT molecular complexity index is 509. The first-order valence-electron chi connectivity index (χ1n) is 3.56. The van der Waals surface area contributed by atoms with Crippen LogP contribution in [0.3, 0.4) is 0 Å². The number of thiophene rings is 1. The molecule has 4 nitrogen and oxygen atoms in total. The van der Waals surface area contributed by atoms with E-state index < -0.39 is 0 Å². The van der Waals surface area contributed by atoms with Crippen LogP contribution in [0.15, 0.2) is 11.4 Å². The van der Waals surface area contributed by atoms with E-state index in [1.165, 1.54) is 11.3 Å². The normalized spacial score (nSPS) is 10.1. The number of nitrogens with zero attached hydrogens (tertiary/aromatic N) is 2. The van der Waals surface area contributed by atoms with Crippen LogP contribution in [-0.4, -0.2) is 4.98 Å². The molecule has 4 N–H and O–H groups in total. The molecule has 0 aliphatic rings. The number of hydrogen-bond donors (Lipinski definition) is 2. The molecule has 0 spiro atoms. The van der Waals surface area contributed by atoms with Gasteiger partial charge in [-0.25, -0.2) is 4.98 Å². The van der Waals surface area contributed by atoms with Crippen molar-refractivity contribution in [2.24, 2.45) is 0 Å². The second-order valence-corrected chi connectivity index (χ2v) is 3.43. The molecule has 0 saturated heterocycles. The summed E-state index contributed by atoms with van der Waals surface area (Å²) >= 11 is 1.45. The Morgan fingerprint density at radius 3 is 2.92 bits per heavy atom. The highest BCUT2D eigenvalue weighted by molar-refractivity contribution is 7.16. The van der Waals surface area contributed by atoms with Gasteiger partial charge in [0, 0.05) is 5.39 Å². The number of aromatic nitrogens is 1. The maximum Gasteiger partial charge on any atom is 0.145 e. The molecule has 2 aromatic rings. The molecule has 0 aromatic carbocycles. The molecule has 0 fully saturated rings. The van der Waals surface area contributed by atoms with Gasteiger partial charge in [0.2, 0.25) is 0 Å². The van der Waals surface area contributed by atoms with Gasteiger partial charge in [0.1, 0.15) is 22.3 Å². The first-order chi connectivity index (χ1) is 6.24. The molecule has 0 radical (unpaired) electrons. The van der Waals surface area contributed by atoms with Crippen LogP contribution in [0.4, 0.5) is 11.5 Å². The summed E-state index contributed by atoms with van der Waals surface area (Å²) in [6.45, 7) is 0. The van der Waals surface area contributed by atoms with E-state index >= 15 is 0 Å². The Hall–Kier alpha value is -1.80. The number of hydrogen-bond acceptors (Lipinski definition) is 5. The number of rotatable bonds is 0. The van der Waals surface area contributed by atoms with E-state index in [4.69, 9.17) is 16.7 Å². The van der Waals surface area contributed by atoms with Crippen LogP contribution in [0.5, 0.6) is 0 Å². The van der Waals surface area contributed by atoms with Crippen molar-refractivity contribution < 1.29 is 0 Å². The van der Waals surface area contributed by atoms with Crippen molar-refractivity contribution in [3.63, 3.8) is 0 Å². The molecule has 0 aliphatic carbocycles. The van der Waals surface area contributed by atoms with Gasteiger partial charge in [-0.3, -0.25) is 0 Å². The van der Waals surface area contributed by atoms with Crippen molar-refractivity contribution in [3.8, 4) is 6.07 Å². The van der Waals surface area contributed by atoms with Crippen molar-refractivity contribution in [1.82, 2.24) is 4.98 Å². The zero-order valence-corrected chi connectivity index (χ0v) is 7.43. The van der Waals surface area contributed by atoms with Crippen molar-refractivity contribution >= 4 is 33.1 Å². The van der Waals surface area contributed by atoms with Gasteiger partial charge in [-0.1, -0.05) is 0 Å². The largest absolute Gasteiger partial charge is 0.397 e. The highest BCUT2D eigenvalue weighted by Gasteiger charge is 2.10. The molecule has 2 aromatic heterocycles. The van der Waals surface area contributed by atoms with Gasteiger partial charge in [0.15, 0.2) is 0 Å². The minimum absolute atomic E-state index is 0.204. The van der Waals surface area contributed by atoms with Gasteiger partial charge in [0.05, 0.1) is 5.69 Å². The average Bonchev–Trinajstić information content (AvgIpc) is 2.53. The maximum absolute atomic E-state index is 8.75. The van der Waals surface area contributed by atoms with E-state index in [-0.39, 0.29) is 11.4 Å². The Labute approximate surface area is 78.4 Å². The van der Waals surface area contributed by atoms with Crippen LogP contribution >= 0.6 is 11.3 Å². The lowest BCUT2D eigenvalue weighted by atomic mass is 10.2. The predicted octanol–water partition coefficient (Wildman–Crippen LogP) is 1.33. The number of nitrogens with two attached hydrogens (primary N) is 2. The van der Waals surface area contributed by atoms with E-state index in [0.717, 1.165) is 10.2 Å². The average molecular weight is 190 g/mol. The molecule has 0 bridgehead atoms. The fraction of sp³-hybridized carbons (Fsp3) is 0. The van der Waals surface area contributed by atoms with E-state index in [9.17, 15) is 0 Å². The molecule has 2 heterocycles. The van der Waals surface area contributed by atoms with Crippen molar-refractivity contribution in [2.45, 2.75) is 0 Å². The highest BCUT2D eigenvalue weighted by atomic mass is 32.1. The van der Waals surface area contributed by atoms with Crippen molar-refractivity contribution in [1.29, 1.82) is 5.26 Å². The Morgan fingerprint density at radius 1 is 1.46 bits per heavy atom. The smallest absolute Gasteiger partial charge is 0.145 e. The van der Waals surface area contributed by atoms with Crippen LogP contribution in [0, 0.1) is 11.3 Å². The Morgan fingerprint density at radius 2 is 2.23 bits per heavy atom. The third-order valence-corrected chi connectivity index (χ3v) is 2.60. The summed E-state index contributed by atoms with van der Waals surface area (Å²) in [5, 5.41) is 11.4. The third kappa shape index (κ3) is 0.999. The topological polar surface area (TPSA) is 88.7 Å². The van der Waals surface area contributed by atoms with Gasteiger partial charge in [-0.2, -0.15) is 5.26 Å². The van der Waals surface area contributed by atoms with Crippen molar-refractivity contribution in [3.05, 3.63) is 17.0 Å². The SMILES string of the molecule is N#Cc1c(N)nc2sccc2c1N. The quantitative estimate of drug-likeness (QED) is 0.655. The predicted molar refractivity (Wildman–Crippen MR) is 53.2 cm³/mol. The van der Waals surface area contributed by atoms with Crippen LogP contribution in [0.1, 0.15) is 5.56 Å². The van der Waals surface area contributed by atoms with Gasteiger partial charge < -0.3 is 11.5 Å². The Balaban J connectivity index is 2.95. The lowest BCUT2D eigenvalue weighted by Gasteiger charge is -2.01. The van der Waals surface area contributed by atoms with E-state index in [0.29, 0.717) is 5.69 Å². The number of fused-ring (bicyclic) bond motifs is 1.